The first-order valence-corrected chi connectivity index (χ1v) is 11.8. The highest BCUT2D eigenvalue weighted by atomic mass is 35.5. The van der Waals surface area contributed by atoms with Crippen molar-refractivity contribution in [3.63, 3.8) is 0 Å². The molecule has 0 aliphatic rings. The van der Waals surface area contributed by atoms with Crippen molar-refractivity contribution in [3.8, 4) is 11.6 Å². The largest absolute Gasteiger partial charge is 0.469 e. The summed E-state index contributed by atoms with van der Waals surface area (Å²) in [5.74, 6) is 0.380. The summed E-state index contributed by atoms with van der Waals surface area (Å²) in [5.41, 5.74) is -0.110. The third-order valence-corrected chi connectivity index (χ3v) is 5.68. The second kappa shape index (κ2) is 11.7. The second-order valence-corrected chi connectivity index (χ2v) is 8.63. The van der Waals surface area contributed by atoms with Crippen molar-refractivity contribution in [2.45, 2.75) is 19.5 Å². The van der Waals surface area contributed by atoms with Gasteiger partial charge in [-0.3, -0.25) is 9.36 Å². The van der Waals surface area contributed by atoms with Crippen LogP contribution in [0.1, 0.15) is 12.0 Å². The van der Waals surface area contributed by atoms with Crippen molar-refractivity contribution in [1.29, 1.82) is 0 Å². The van der Waals surface area contributed by atoms with Gasteiger partial charge in [-0.25, -0.2) is 19.1 Å². The fourth-order valence-electron chi connectivity index (χ4n) is 3.31. The SMILES string of the molecule is COC(=O)CCn1c(=O)nc(Nc2ccc(Oc3ccc(Cl)cn3)cc2)n(Cc2ccc(Cl)cc2)c1=O. The Balaban J connectivity index is 1.62. The zero-order chi connectivity index (χ0) is 26.4. The van der Waals surface area contributed by atoms with E-state index in [1.807, 2.05) is 0 Å². The molecule has 2 aromatic heterocycles. The molecular weight excluding hydrogens is 521 g/mol. The number of aromatic nitrogens is 4. The van der Waals surface area contributed by atoms with E-state index in [2.05, 4.69) is 20.0 Å². The van der Waals surface area contributed by atoms with Crippen LogP contribution in [0.25, 0.3) is 0 Å². The molecular formula is C25H21Cl2N5O5. The zero-order valence-corrected chi connectivity index (χ0v) is 21.1. The van der Waals surface area contributed by atoms with Gasteiger partial charge >= 0.3 is 17.3 Å². The molecule has 0 spiro atoms. The number of anilines is 2. The van der Waals surface area contributed by atoms with Gasteiger partial charge in [-0.15, -0.1) is 0 Å². The number of methoxy groups -OCH3 is 1. The summed E-state index contributed by atoms with van der Waals surface area (Å²) in [6.45, 7) is -0.0592. The van der Waals surface area contributed by atoms with E-state index in [-0.39, 0.29) is 25.5 Å². The van der Waals surface area contributed by atoms with Crippen LogP contribution in [0.2, 0.25) is 10.0 Å². The molecule has 4 rings (SSSR count). The molecule has 12 heteroatoms. The van der Waals surface area contributed by atoms with Crippen LogP contribution in [-0.2, 0) is 22.6 Å². The van der Waals surface area contributed by atoms with Crippen molar-refractivity contribution in [2.24, 2.45) is 0 Å². The molecule has 0 radical (unpaired) electrons. The van der Waals surface area contributed by atoms with Crippen molar-refractivity contribution in [2.75, 3.05) is 12.4 Å². The average molecular weight is 542 g/mol. The van der Waals surface area contributed by atoms with Gasteiger partial charge in [0.15, 0.2) is 0 Å². The molecule has 0 fully saturated rings. The van der Waals surface area contributed by atoms with Crippen LogP contribution in [0.3, 0.4) is 0 Å². The second-order valence-electron chi connectivity index (χ2n) is 7.76. The molecule has 0 saturated carbocycles. The van der Waals surface area contributed by atoms with E-state index < -0.39 is 17.3 Å². The number of carbonyl (C=O) groups excluding carboxylic acids is 1. The maximum Gasteiger partial charge on any atom is 0.354 e. The normalized spacial score (nSPS) is 10.7. The molecule has 190 valence electrons. The number of nitrogens with one attached hydrogen (secondary N) is 1. The standard InChI is InChI=1S/C25H21Cl2N5O5/c1-36-22(33)12-13-31-24(34)30-23(32(25(31)35)15-16-2-4-17(26)5-3-16)29-19-7-9-20(10-8-19)37-21-11-6-18(27)14-28-21/h2-11,14H,12-13,15H2,1H3,(H,29,30,34). The van der Waals surface area contributed by atoms with Gasteiger partial charge < -0.3 is 14.8 Å². The quantitative estimate of drug-likeness (QED) is 0.312. The van der Waals surface area contributed by atoms with E-state index in [0.29, 0.717) is 27.4 Å². The lowest BCUT2D eigenvalue weighted by molar-refractivity contribution is -0.140. The van der Waals surface area contributed by atoms with Crippen LogP contribution >= 0.6 is 23.2 Å². The van der Waals surface area contributed by atoms with Crippen LogP contribution in [0.4, 0.5) is 11.6 Å². The molecule has 0 amide bonds. The summed E-state index contributed by atoms with van der Waals surface area (Å²) in [4.78, 5) is 45.7. The van der Waals surface area contributed by atoms with Crippen molar-refractivity contribution < 1.29 is 14.3 Å². The zero-order valence-electron chi connectivity index (χ0n) is 19.6. The Morgan fingerprint density at radius 1 is 0.946 bits per heavy atom. The van der Waals surface area contributed by atoms with E-state index in [4.69, 9.17) is 27.9 Å². The van der Waals surface area contributed by atoms with Crippen molar-refractivity contribution in [3.05, 3.63) is 103 Å². The Labute approximate surface area is 221 Å². The van der Waals surface area contributed by atoms with Gasteiger partial charge in [0.1, 0.15) is 5.75 Å². The van der Waals surface area contributed by atoms with E-state index in [1.54, 1.807) is 60.7 Å². The Bertz CT molecular complexity index is 1500. The first kappa shape index (κ1) is 25.9. The molecule has 0 bridgehead atoms. The minimum absolute atomic E-state index is 0.0345. The van der Waals surface area contributed by atoms with Gasteiger partial charge in [0, 0.05) is 29.5 Å². The van der Waals surface area contributed by atoms with Gasteiger partial charge in [-0.05, 0) is 48.0 Å². The fourth-order valence-corrected chi connectivity index (χ4v) is 3.55. The third-order valence-electron chi connectivity index (χ3n) is 5.20. The number of hydrogen-bond donors (Lipinski definition) is 1. The number of halogens is 2. The molecule has 10 nitrogen and oxygen atoms in total. The highest BCUT2D eigenvalue weighted by Gasteiger charge is 2.15. The average Bonchev–Trinajstić information content (AvgIpc) is 2.89. The maximum atomic E-state index is 13.3. The van der Waals surface area contributed by atoms with Crippen LogP contribution in [-0.4, -0.2) is 32.2 Å². The number of ether oxygens (including phenoxy) is 2. The third kappa shape index (κ3) is 6.75. The monoisotopic (exact) mass is 541 g/mol. The molecule has 0 atom stereocenters. The molecule has 0 aliphatic heterocycles. The van der Waals surface area contributed by atoms with E-state index >= 15 is 0 Å². The Kier molecular flexibility index (Phi) is 8.22. The molecule has 1 N–H and O–H groups in total. The van der Waals surface area contributed by atoms with Crippen LogP contribution < -0.4 is 21.4 Å². The Morgan fingerprint density at radius 3 is 2.30 bits per heavy atom. The maximum absolute atomic E-state index is 13.3. The molecule has 37 heavy (non-hydrogen) atoms. The number of nitrogens with zero attached hydrogens (tertiary/aromatic N) is 4. The highest BCUT2D eigenvalue weighted by Crippen LogP contribution is 2.23. The van der Waals surface area contributed by atoms with Gasteiger partial charge in [0.25, 0.3) is 0 Å². The minimum Gasteiger partial charge on any atom is -0.469 e. The molecule has 2 aromatic carbocycles. The highest BCUT2D eigenvalue weighted by molar-refractivity contribution is 6.30. The summed E-state index contributed by atoms with van der Waals surface area (Å²) in [6, 6.07) is 17.0. The predicted octanol–water partition coefficient (Wildman–Crippen LogP) is 4.25. The number of rotatable bonds is 9. The first-order valence-electron chi connectivity index (χ1n) is 11.0. The summed E-state index contributed by atoms with van der Waals surface area (Å²) in [5, 5.41) is 4.06. The van der Waals surface area contributed by atoms with Crippen molar-refractivity contribution in [1.82, 2.24) is 19.1 Å². The first-order chi connectivity index (χ1) is 17.8. The summed E-state index contributed by atoms with van der Waals surface area (Å²) in [7, 11) is 1.23. The van der Waals surface area contributed by atoms with Crippen LogP contribution in [0.15, 0.2) is 76.4 Å². The molecule has 0 unspecified atom stereocenters. The topological polar surface area (TPSA) is 117 Å². The molecule has 2 heterocycles. The van der Waals surface area contributed by atoms with E-state index in [0.717, 1.165) is 10.1 Å². The van der Waals surface area contributed by atoms with Crippen LogP contribution in [0, 0.1) is 0 Å². The lowest BCUT2D eigenvalue weighted by Gasteiger charge is -2.16. The van der Waals surface area contributed by atoms with Crippen molar-refractivity contribution >= 4 is 40.8 Å². The molecule has 0 saturated heterocycles. The number of benzene rings is 2. The van der Waals surface area contributed by atoms with Gasteiger partial charge in [-0.1, -0.05) is 35.3 Å². The minimum atomic E-state index is -0.794. The van der Waals surface area contributed by atoms with Gasteiger partial charge in [0.05, 0.1) is 25.1 Å². The molecule has 0 aliphatic carbocycles. The predicted molar refractivity (Wildman–Crippen MR) is 139 cm³/mol. The van der Waals surface area contributed by atoms with E-state index in [9.17, 15) is 14.4 Å². The summed E-state index contributed by atoms with van der Waals surface area (Å²) >= 11 is 11.8. The van der Waals surface area contributed by atoms with E-state index in [1.165, 1.54) is 17.9 Å². The number of hydrogen-bond acceptors (Lipinski definition) is 8. The number of pyridine rings is 1. The Hall–Kier alpha value is -4.15. The van der Waals surface area contributed by atoms with Gasteiger partial charge in [-0.2, -0.15) is 4.98 Å². The molecule has 4 aromatic rings. The summed E-state index contributed by atoms with van der Waals surface area (Å²) in [6.07, 6.45) is 1.33. The fraction of sp³-hybridized carbons (Fsp3) is 0.160. The lowest BCUT2D eigenvalue weighted by Crippen LogP contribution is -2.43. The van der Waals surface area contributed by atoms with Gasteiger partial charge in [0.2, 0.25) is 11.8 Å². The smallest absolute Gasteiger partial charge is 0.354 e. The number of carbonyl (C=O) groups is 1. The lowest BCUT2D eigenvalue weighted by atomic mass is 10.2. The summed E-state index contributed by atoms with van der Waals surface area (Å²) < 4.78 is 12.5. The Morgan fingerprint density at radius 2 is 1.65 bits per heavy atom. The number of esters is 1. The van der Waals surface area contributed by atoms with Crippen LogP contribution in [0.5, 0.6) is 11.6 Å².